The van der Waals surface area contributed by atoms with Crippen LogP contribution in [0.5, 0.6) is 17.4 Å². The number of hydrogen-bond acceptors (Lipinski definition) is 6. The second kappa shape index (κ2) is 8.91. The zero-order valence-electron chi connectivity index (χ0n) is 17.1. The van der Waals surface area contributed by atoms with Gasteiger partial charge in [0.1, 0.15) is 23.6 Å². The van der Waals surface area contributed by atoms with Gasteiger partial charge in [0.2, 0.25) is 11.8 Å². The monoisotopic (exact) mass is 424 g/mol. The molecule has 2 aromatic heterocycles. The van der Waals surface area contributed by atoms with E-state index in [1.165, 1.54) is 0 Å². The predicted octanol–water partition coefficient (Wildman–Crippen LogP) is 5.75. The van der Waals surface area contributed by atoms with Gasteiger partial charge in [-0.15, -0.1) is 0 Å². The summed E-state index contributed by atoms with van der Waals surface area (Å²) in [7, 11) is 0. The molecule has 0 spiro atoms. The minimum absolute atomic E-state index is 0.0436. The van der Waals surface area contributed by atoms with Gasteiger partial charge < -0.3 is 19.0 Å². The fourth-order valence-corrected chi connectivity index (χ4v) is 3.25. The van der Waals surface area contributed by atoms with Crippen LogP contribution in [-0.4, -0.2) is 15.1 Å². The lowest BCUT2D eigenvalue weighted by atomic mass is 10.2. The zero-order valence-corrected chi connectivity index (χ0v) is 17.1. The van der Waals surface area contributed by atoms with Gasteiger partial charge in [0.15, 0.2) is 5.58 Å². The lowest BCUT2D eigenvalue weighted by Crippen LogP contribution is -1.95. The number of benzene rings is 3. The Hall–Kier alpha value is -4.16. The van der Waals surface area contributed by atoms with Crippen LogP contribution in [0.25, 0.3) is 22.6 Å². The number of aromatic nitrogens is 2. The van der Waals surface area contributed by atoms with Crippen molar-refractivity contribution in [1.29, 1.82) is 0 Å². The Morgan fingerprint density at radius 1 is 0.812 bits per heavy atom. The number of pyridine rings is 1. The average molecular weight is 424 g/mol. The summed E-state index contributed by atoms with van der Waals surface area (Å²) in [4.78, 5) is 8.86. The Morgan fingerprint density at radius 3 is 2.50 bits per heavy atom. The van der Waals surface area contributed by atoms with Gasteiger partial charge in [-0.2, -0.15) is 0 Å². The van der Waals surface area contributed by atoms with E-state index in [0.29, 0.717) is 29.7 Å². The molecule has 2 heterocycles. The smallest absolute Gasteiger partial charge is 0.228 e. The molecule has 0 bridgehead atoms. The highest BCUT2D eigenvalue weighted by Gasteiger charge is 2.10. The second-order valence-electron chi connectivity index (χ2n) is 7.22. The molecule has 3 aromatic carbocycles. The zero-order chi connectivity index (χ0) is 21.8. The van der Waals surface area contributed by atoms with Crippen LogP contribution in [0.3, 0.4) is 0 Å². The van der Waals surface area contributed by atoms with E-state index in [1.807, 2.05) is 72.8 Å². The van der Waals surface area contributed by atoms with E-state index < -0.39 is 0 Å². The van der Waals surface area contributed by atoms with Crippen LogP contribution < -0.4 is 9.47 Å². The van der Waals surface area contributed by atoms with Gasteiger partial charge in [0, 0.05) is 18.3 Å². The maximum Gasteiger partial charge on any atom is 0.228 e. The number of aliphatic hydroxyl groups is 1. The fourth-order valence-electron chi connectivity index (χ4n) is 3.25. The highest BCUT2D eigenvalue weighted by atomic mass is 16.5. The lowest BCUT2D eigenvalue weighted by molar-refractivity contribution is 0.282. The Labute approximate surface area is 184 Å². The summed E-state index contributed by atoms with van der Waals surface area (Å²) in [5.41, 5.74) is 3.96. The molecule has 5 rings (SSSR count). The van der Waals surface area contributed by atoms with Gasteiger partial charge in [-0.25, -0.2) is 9.97 Å². The SMILES string of the molecule is OCc1ccc2nc(-c3ccc(Oc4cccc(OCc5ccccc5)c4)nc3)oc2c1. The van der Waals surface area contributed by atoms with Crippen LogP contribution in [-0.2, 0) is 13.2 Å². The van der Waals surface area contributed by atoms with Crippen LogP contribution in [0, 0.1) is 0 Å². The van der Waals surface area contributed by atoms with E-state index in [9.17, 15) is 5.11 Å². The van der Waals surface area contributed by atoms with Crippen LogP contribution in [0.4, 0.5) is 0 Å². The lowest BCUT2D eigenvalue weighted by Gasteiger charge is -2.09. The van der Waals surface area contributed by atoms with Crippen molar-refractivity contribution < 1.29 is 19.0 Å². The first-order chi connectivity index (χ1) is 15.8. The van der Waals surface area contributed by atoms with Crippen molar-refractivity contribution in [2.75, 3.05) is 0 Å². The highest BCUT2D eigenvalue weighted by molar-refractivity contribution is 5.76. The molecule has 0 aliphatic carbocycles. The van der Waals surface area contributed by atoms with Crippen LogP contribution in [0.1, 0.15) is 11.1 Å². The summed E-state index contributed by atoms with van der Waals surface area (Å²) in [6, 6.07) is 26.5. The third-order valence-corrected chi connectivity index (χ3v) is 4.89. The summed E-state index contributed by atoms with van der Waals surface area (Å²) in [6.45, 7) is 0.444. The average Bonchev–Trinajstić information content (AvgIpc) is 3.27. The second-order valence-corrected chi connectivity index (χ2v) is 7.22. The van der Waals surface area contributed by atoms with Gasteiger partial charge in [-0.05, 0) is 41.5 Å². The molecule has 0 aliphatic heterocycles. The van der Waals surface area contributed by atoms with Crippen LogP contribution in [0.2, 0.25) is 0 Å². The van der Waals surface area contributed by atoms with E-state index >= 15 is 0 Å². The normalized spacial score (nSPS) is 10.9. The van der Waals surface area contributed by atoms with Gasteiger partial charge in [-0.3, -0.25) is 0 Å². The Bertz CT molecular complexity index is 1330. The molecule has 0 fully saturated rings. The molecule has 0 saturated heterocycles. The summed E-state index contributed by atoms with van der Waals surface area (Å²) < 4.78 is 17.6. The van der Waals surface area contributed by atoms with Gasteiger partial charge in [0.25, 0.3) is 0 Å². The molecule has 0 amide bonds. The number of fused-ring (bicyclic) bond motifs is 1. The first-order valence-electron chi connectivity index (χ1n) is 10.2. The van der Waals surface area contributed by atoms with Crippen LogP contribution in [0.15, 0.2) is 95.5 Å². The van der Waals surface area contributed by atoms with Gasteiger partial charge in [0.05, 0.1) is 12.2 Å². The van der Waals surface area contributed by atoms with Crippen molar-refractivity contribution in [3.8, 4) is 28.8 Å². The summed E-state index contributed by atoms with van der Waals surface area (Å²) >= 11 is 0. The topological polar surface area (TPSA) is 77.6 Å². The summed E-state index contributed by atoms with van der Waals surface area (Å²) in [5, 5.41) is 9.28. The van der Waals surface area contributed by atoms with Gasteiger partial charge >= 0.3 is 0 Å². The molecule has 158 valence electrons. The van der Waals surface area contributed by atoms with Crippen molar-refractivity contribution in [3.05, 3.63) is 102 Å². The minimum atomic E-state index is -0.0436. The Kier molecular flexibility index (Phi) is 5.51. The number of hydrogen-bond donors (Lipinski definition) is 1. The van der Waals surface area contributed by atoms with E-state index in [0.717, 1.165) is 28.0 Å². The molecule has 32 heavy (non-hydrogen) atoms. The minimum Gasteiger partial charge on any atom is -0.489 e. The standard InChI is InChI=1S/C26H20N2O4/c29-16-19-9-11-23-24(13-19)32-26(28-23)20-10-12-25(27-15-20)31-22-8-4-7-21(14-22)30-17-18-5-2-1-3-6-18/h1-15,29H,16-17H2. The number of oxazole rings is 1. The third-order valence-electron chi connectivity index (χ3n) is 4.89. The van der Waals surface area contributed by atoms with Gasteiger partial charge in [-0.1, -0.05) is 42.5 Å². The molecule has 0 saturated carbocycles. The van der Waals surface area contributed by atoms with E-state index in [2.05, 4.69) is 9.97 Å². The molecule has 0 aliphatic rings. The first kappa shape index (κ1) is 19.8. The van der Waals surface area contributed by atoms with E-state index in [-0.39, 0.29) is 6.61 Å². The molecule has 5 aromatic rings. The van der Waals surface area contributed by atoms with Crippen molar-refractivity contribution in [2.45, 2.75) is 13.2 Å². The third kappa shape index (κ3) is 4.45. The molecule has 1 N–H and O–H groups in total. The molecule has 0 radical (unpaired) electrons. The van der Waals surface area contributed by atoms with Crippen molar-refractivity contribution in [3.63, 3.8) is 0 Å². The Morgan fingerprint density at radius 2 is 1.69 bits per heavy atom. The molecule has 6 heteroatoms. The number of aliphatic hydroxyl groups excluding tert-OH is 1. The number of nitrogens with zero attached hydrogens (tertiary/aromatic N) is 2. The Balaban J connectivity index is 1.27. The van der Waals surface area contributed by atoms with Crippen LogP contribution >= 0.6 is 0 Å². The maximum absolute atomic E-state index is 9.28. The molecule has 0 unspecified atom stereocenters. The summed E-state index contributed by atoms with van der Waals surface area (Å²) in [5.74, 6) is 2.27. The fraction of sp³-hybridized carbons (Fsp3) is 0.0769. The molecule has 6 nitrogen and oxygen atoms in total. The van der Waals surface area contributed by atoms with E-state index in [1.54, 1.807) is 18.3 Å². The molecule has 0 atom stereocenters. The van der Waals surface area contributed by atoms with E-state index in [4.69, 9.17) is 13.9 Å². The van der Waals surface area contributed by atoms with Crippen molar-refractivity contribution in [1.82, 2.24) is 9.97 Å². The molecular formula is C26H20N2O4. The summed E-state index contributed by atoms with van der Waals surface area (Å²) in [6.07, 6.45) is 1.66. The number of ether oxygens (including phenoxy) is 2. The maximum atomic E-state index is 9.28. The molecular weight excluding hydrogens is 404 g/mol. The van der Waals surface area contributed by atoms with Crippen molar-refractivity contribution in [2.24, 2.45) is 0 Å². The quantitative estimate of drug-likeness (QED) is 0.358. The predicted molar refractivity (Wildman–Crippen MR) is 120 cm³/mol. The largest absolute Gasteiger partial charge is 0.489 e. The number of rotatable bonds is 7. The van der Waals surface area contributed by atoms with Crippen molar-refractivity contribution >= 4 is 11.1 Å². The first-order valence-corrected chi connectivity index (χ1v) is 10.2. The highest BCUT2D eigenvalue weighted by Crippen LogP contribution is 2.28.